The number of esters is 1. The van der Waals surface area contributed by atoms with Crippen molar-refractivity contribution in [1.82, 2.24) is 9.29 Å². The second kappa shape index (κ2) is 8.71. The van der Waals surface area contributed by atoms with Crippen LogP contribution in [0.1, 0.15) is 41.6 Å². The van der Waals surface area contributed by atoms with Gasteiger partial charge in [0.25, 0.3) is 0 Å². The lowest BCUT2D eigenvalue weighted by atomic mass is 9.98. The highest BCUT2D eigenvalue weighted by molar-refractivity contribution is 7.89. The van der Waals surface area contributed by atoms with E-state index in [4.69, 9.17) is 4.74 Å². The van der Waals surface area contributed by atoms with Crippen LogP contribution in [0.4, 0.5) is 0 Å². The van der Waals surface area contributed by atoms with Gasteiger partial charge in [0.1, 0.15) is 6.61 Å². The maximum absolute atomic E-state index is 12.9. The Morgan fingerprint density at radius 3 is 2.57 bits per heavy atom. The van der Waals surface area contributed by atoms with Crippen LogP contribution in [0.25, 0.3) is 0 Å². The van der Waals surface area contributed by atoms with Gasteiger partial charge in [0.2, 0.25) is 10.0 Å². The third kappa shape index (κ3) is 4.61. The number of aromatic nitrogens is 1. The topological polar surface area (TPSA) is 76.6 Å². The van der Waals surface area contributed by atoms with Gasteiger partial charge in [0, 0.05) is 18.5 Å². The first-order valence-electron chi connectivity index (χ1n) is 9.48. The minimum Gasteiger partial charge on any atom is -0.459 e. The lowest BCUT2D eigenvalue weighted by Gasteiger charge is -2.30. The molecule has 2 heterocycles. The number of nitrogens with zero attached hydrogens (tertiary/aromatic N) is 2. The second-order valence-corrected chi connectivity index (χ2v) is 10.00. The summed E-state index contributed by atoms with van der Waals surface area (Å²) in [4.78, 5) is 17.0. The van der Waals surface area contributed by atoms with Crippen molar-refractivity contribution in [2.75, 3.05) is 13.1 Å². The first kappa shape index (κ1) is 21.0. The number of carbonyl (C=O) groups is 1. The van der Waals surface area contributed by atoms with E-state index in [9.17, 15) is 13.2 Å². The van der Waals surface area contributed by atoms with Crippen molar-refractivity contribution < 1.29 is 17.9 Å². The molecule has 0 unspecified atom stereocenters. The lowest BCUT2D eigenvalue weighted by Crippen LogP contribution is -2.40. The zero-order chi connectivity index (χ0) is 20.3. The van der Waals surface area contributed by atoms with E-state index in [1.54, 1.807) is 23.5 Å². The first-order valence-corrected chi connectivity index (χ1v) is 11.8. The number of benzene rings is 1. The largest absolute Gasteiger partial charge is 0.459 e. The van der Waals surface area contributed by atoms with Crippen LogP contribution in [-0.2, 0) is 32.6 Å². The molecule has 3 rings (SSSR count). The molecular formula is C20H26N2O4S2. The minimum atomic E-state index is -3.53. The Bertz CT molecular complexity index is 945. The summed E-state index contributed by atoms with van der Waals surface area (Å²) < 4.78 is 32.6. The number of sulfonamides is 1. The number of hydrogen-bond donors (Lipinski definition) is 0. The number of ether oxygens (including phenoxy) is 1. The molecule has 0 amide bonds. The molecule has 1 fully saturated rings. The molecular weight excluding hydrogens is 396 g/mol. The predicted molar refractivity (Wildman–Crippen MR) is 109 cm³/mol. The Labute approximate surface area is 170 Å². The quantitative estimate of drug-likeness (QED) is 0.666. The van der Waals surface area contributed by atoms with E-state index < -0.39 is 10.0 Å². The molecule has 1 aliphatic rings. The summed E-state index contributed by atoms with van der Waals surface area (Å²) in [6, 6.07) is 5.19. The van der Waals surface area contributed by atoms with Crippen molar-refractivity contribution in [3.63, 3.8) is 0 Å². The molecule has 1 aliphatic heterocycles. The summed E-state index contributed by atoms with van der Waals surface area (Å²) in [5, 5.41) is 2.93. The van der Waals surface area contributed by atoms with Gasteiger partial charge in [-0.1, -0.05) is 13.0 Å². The highest BCUT2D eigenvalue weighted by atomic mass is 32.2. The Kier molecular flexibility index (Phi) is 6.52. The van der Waals surface area contributed by atoms with E-state index in [0.29, 0.717) is 30.8 Å². The summed E-state index contributed by atoms with van der Waals surface area (Å²) in [6.45, 7) is 6.72. The molecule has 0 radical (unpaired) electrons. The molecule has 0 spiro atoms. The van der Waals surface area contributed by atoms with Crippen molar-refractivity contribution in [1.29, 1.82) is 0 Å². The van der Waals surface area contributed by atoms with Crippen LogP contribution < -0.4 is 0 Å². The minimum absolute atomic E-state index is 0.177. The number of aryl methyl sites for hydroxylation is 3. The van der Waals surface area contributed by atoms with Crippen LogP contribution in [0.3, 0.4) is 0 Å². The van der Waals surface area contributed by atoms with Gasteiger partial charge in [0.05, 0.1) is 21.5 Å². The Balaban J connectivity index is 1.55. The van der Waals surface area contributed by atoms with Gasteiger partial charge in [-0.3, -0.25) is 4.79 Å². The summed E-state index contributed by atoms with van der Waals surface area (Å²) in [5.74, 6) is -0.537. The molecule has 6 nitrogen and oxygen atoms in total. The molecule has 0 bridgehead atoms. The smallest absolute Gasteiger partial charge is 0.309 e. The van der Waals surface area contributed by atoms with Gasteiger partial charge in [0.15, 0.2) is 0 Å². The molecule has 1 saturated heterocycles. The fourth-order valence-electron chi connectivity index (χ4n) is 3.20. The van der Waals surface area contributed by atoms with Gasteiger partial charge in [-0.05, 0) is 56.4 Å². The molecule has 0 N–H and O–H groups in total. The van der Waals surface area contributed by atoms with Crippen molar-refractivity contribution in [3.8, 4) is 0 Å². The van der Waals surface area contributed by atoms with Crippen molar-refractivity contribution in [2.45, 2.75) is 51.5 Å². The molecule has 152 valence electrons. The van der Waals surface area contributed by atoms with E-state index in [-0.39, 0.29) is 18.5 Å². The molecule has 0 saturated carbocycles. The van der Waals surface area contributed by atoms with Crippen LogP contribution in [0, 0.1) is 19.8 Å². The van der Waals surface area contributed by atoms with Crippen LogP contribution in [0.15, 0.2) is 28.5 Å². The Morgan fingerprint density at radius 1 is 1.25 bits per heavy atom. The van der Waals surface area contributed by atoms with Crippen molar-refractivity contribution in [2.24, 2.45) is 5.92 Å². The molecule has 2 aromatic rings. The van der Waals surface area contributed by atoms with E-state index in [1.165, 1.54) is 4.31 Å². The average Bonchev–Trinajstić information content (AvgIpc) is 3.16. The molecule has 0 aliphatic carbocycles. The average molecular weight is 423 g/mol. The van der Waals surface area contributed by atoms with Crippen molar-refractivity contribution in [3.05, 3.63) is 45.4 Å². The zero-order valence-corrected chi connectivity index (χ0v) is 18.1. The summed E-state index contributed by atoms with van der Waals surface area (Å²) in [5.41, 5.74) is 2.78. The summed E-state index contributed by atoms with van der Waals surface area (Å²) >= 11 is 1.56. The van der Waals surface area contributed by atoms with E-state index in [2.05, 4.69) is 4.98 Å². The third-order valence-electron chi connectivity index (χ3n) is 5.17. The highest BCUT2D eigenvalue weighted by Gasteiger charge is 2.33. The monoisotopic (exact) mass is 422 g/mol. The Morgan fingerprint density at radius 2 is 1.96 bits per heavy atom. The second-order valence-electron chi connectivity index (χ2n) is 7.12. The number of piperidine rings is 1. The highest BCUT2D eigenvalue weighted by Crippen LogP contribution is 2.26. The third-order valence-corrected chi connectivity index (χ3v) is 8.10. The number of rotatable bonds is 6. The molecule has 1 aromatic carbocycles. The van der Waals surface area contributed by atoms with E-state index in [0.717, 1.165) is 28.2 Å². The van der Waals surface area contributed by atoms with Crippen LogP contribution >= 0.6 is 11.3 Å². The van der Waals surface area contributed by atoms with Crippen LogP contribution in [0.2, 0.25) is 0 Å². The SMILES string of the molecule is CCc1nc(COC(=O)C2CCN(S(=O)(=O)c3ccc(C)c(C)c3)CC2)cs1. The molecule has 28 heavy (non-hydrogen) atoms. The standard InChI is InChI=1S/C20H26N2O4S2/c1-4-19-21-17(13-27-19)12-26-20(23)16-7-9-22(10-8-16)28(24,25)18-6-5-14(2)15(3)11-18/h5-6,11,13,16H,4,7-10,12H2,1-3H3. The first-order chi connectivity index (χ1) is 13.3. The molecule has 1 aromatic heterocycles. The van der Waals surface area contributed by atoms with Gasteiger partial charge < -0.3 is 4.74 Å². The zero-order valence-electron chi connectivity index (χ0n) is 16.5. The van der Waals surface area contributed by atoms with Gasteiger partial charge >= 0.3 is 5.97 Å². The van der Waals surface area contributed by atoms with Crippen LogP contribution in [-0.4, -0.2) is 36.8 Å². The number of hydrogen-bond acceptors (Lipinski definition) is 6. The van der Waals surface area contributed by atoms with Crippen LogP contribution in [0.5, 0.6) is 0 Å². The van der Waals surface area contributed by atoms with Gasteiger partial charge in [-0.2, -0.15) is 4.31 Å². The fraction of sp³-hybridized carbons (Fsp3) is 0.500. The maximum atomic E-state index is 12.9. The van der Waals surface area contributed by atoms with Crippen molar-refractivity contribution >= 4 is 27.3 Å². The van der Waals surface area contributed by atoms with E-state index in [1.807, 2.05) is 32.2 Å². The predicted octanol–water partition coefficient (Wildman–Crippen LogP) is 3.47. The summed E-state index contributed by atoms with van der Waals surface area (Å²) in [6.07, 6.45) is 1.81. The van der Waals surface area contributed by atoms with Gasteiger partial charge in [-0.25, -0.2) is 13.4 Å². The van der Waals surface area contributed by atoms with Gasteiger partial charge in [-0.15, -0.1) is 11.3 Å². The Hall–Kier alpha value is -1.77. The summed E-state index contributed by atoms with van der Waals surface area (Å²) in [7, 11) is -3.53. The molecule has 0 atom stereocenters. The normalized spacial score (nSPS) is 16.2. The number of carbonyl (C=O) groups excluding carboxylic acids is 1. The number of thiazole rings is 1. The van der Waals surface area contributed by atoms with E-state index >= 15 is 0 Å². The maximum Gasteiger partial charge on any atom is 0.309 e. The lowest BCUT2D eigenvalue weighted by molar-refractivity contribution is -0.151. The fourth-order valence-corrected chi connectivity index (χ4v) is 5.48. The molecule has 8 heteroatoms.